The minimum absolute atomic E-state index is 0.861. The van der Waals surface area contributed by atoms with Gasteiger partial charge in [0.15, 0.2) is 0 Å². The first-order chi connectivity index (χ1) is 14.9. The Kier molecular flexibility index (Phi) is 7.67. The Labute approximate surface area is 182 Å². The van der Waals surface area contributed by atoms with Crippen LogP contribution in [0.5, 0.6) is 0 Å². The monoisotopic (exact) mass is 434 g/mol. The molecule has 4 rings (SSSR count). The standard InChI is InChI=1S/C25H19O.ClHO4/c1-4-10-20(11-5-1)16-17-21-18-24(22-12-6-2-7-13-22)26-25(19-21)23-14-8-3-9-15-23;2-1(3,4)5/h1-19H;(H,2,3,4,5)/q+1;/p-1/b17-16+;. The Hall–Kier alpha value is -3.32. The summed E-state index contributed by atoms with van der Waals surface area (Å²) in [4.78, 5) is 0. The van der Waals surface area contributed by atoms with Crippen molar-refractivity contribution < 1.29 is 33.3 Å². The Morgan fingerprint density at radius 3 is 1.29 bits per heavy atom. The number of benzene rings is 3. The van der Waals surface area contributed by atoms with Crippen LogP contribution in [0.4, 0.5) is 0 Å². The average molecular weight is 435 g/mol. The molecule has 5 nitrogen and oxygen atoms in total. The first-order valence-corrected chi connectivity index (χ1v) is 10.6. The second-order valence-corrected chi connectivity index (χ2v) is 7.23. The lowest BCUT2D eigenvalue weighted by atomic mass is 10.1. The molecular formula is C25H19ClO5. The second kappa shape index (κ2) is 10.6. The van der Waals surface area contributed by atoms with E-state index < -0.39 is 10.2 Å². The zero-order chi connectivity index (χ0) is 22.1. The van der Waals surface area contributed by atoms with Gasteiger partial charge in [-0.3, -0.25) is 0 Å². The topological polar surface area (TPSA) is 104 Å². The summed E-state index contributed by atoms with van der Waals surface area (Å²) >= 11 is 0. The van der Waals surface area contributed by atoms with Gasteiger partial charge in [0.1, 0.15) is 0 Å². The molecule has 31 heavy (non-hydrogen) atoms. The van der Waals surface area contributed by atoms with Gasteiger partial charge in [-0.25, -0.2) is 23.1 Å². The zero-order valence-corrected chi connectivity index (χ0v) is 17.1. The molecule has 3 aromatic carbocycles. The van der Waals surface area contributed by atoms with Crippen LogP contribution in [0.1, 0.15) is 11.1 Å². The highest BCUT2D eigenvalue weighted by Crippen LogP contribution is 2.29. The molecule has 0 radical (unpaired) electrons. The van der Waals surface area contributed by atoms with Gasteiger partial charge in [-0.2, -0.15) is 0 Å². The van der Waals surface area contributed by atoms with Gasteiger partial charge in [0.25, 0.3) is 0 Å². The van der Waals surface area contributed by atoms with E-state index in [0.29, 0.717) is 0 Å². The van der Waals surface area contributed by atoms with Crippen molar-refractivity contribution in [2.45, 2.75) is 0 Å². The molecule has 0 N–H and O–H groups in total. The molecule has 6 heteroatoms. The van der Waals surface area contributed by atoms with Crippen LogP contribution in [0, 0.1) is 10.2 Å². The fraction of sp³-hybridized carbons (Fsp3) is 0. The molecule has 0 saturated heterocycles. The summed E-state index contributed by atoms with van der Waals surface area (Å²) < 4.78 is 40.2. The van der Waals surface area contributed by atoms with Crippen LogP contribution in [-0.4, -0.2) is 0 Å². The van der Waals surface area contributed by atoms with E-state index in [1.807, 2.05) is 54.6 Å². The van der Waals surface area contributed by atoms with Crippen LogP contribution in [0.15, 0.2) is 108 Å². The Morgan fingerprint density at radius 2 is 0.871 bits per heavy atom. The maximum absolute atomic E-state index is 8.49. The molecule has 156 valence electrons. The van der Waals surface area contributed by atoms with Crippen LogP contribution in [0.25, 0.3) is 34.8 Å². The normalized spacial score (nSPS) is 11.1. The van der Waals surface area contributed by atoms with Crippen molar-refractivity contribution in [3.8, 4) is 22.6 Å². The number of rotatable bonds is 4. The smallest absolute Gasteiger partial charge is 0.222 e. The molecule has 0 bridgehead atoms. The fourth-order valence-electron chi connectivity index (χ4n) is 2.86. The first kappa shape index (κ1) is 22.4. The molecule has 0 unspecified atom stereocenters. The van der Waals surface area contributed by atoms with E-state index in [1.54, 1.807) is 0 Å². The SMILES string of the molecule is C(=C\c1cc(-c2ccccc2)[o+]c(-c2ccccc2)c1)/c1ccccc1.[O-][Cl+3]([O-])([O-])[O-]. The third kappa shape index (κ3) is 7.79. The highest BCUT2D eigenvalue weighted by atomic mass is 35.7. The van der Waals surface area contributed by atoms with Crippen molar-refractivity contribution in [1.29, 1.82) is 0 Å². The van der Waals surface area contributed by atoms with Crippen molar-refractivity contribution in [3.63, 3.8) is 0 Å². The lowest BCUT2D eigenvalue weighted by molar-refractivity contribution is -2.00. The molecule has 0 saturated carbocycles. The van der Waals surface area contributed by atoms with Crippen LogP contribution in [0.2, 0.25) is 0 Å². The van der Waals surface area contributed by atoms with Gasteiger partial charge >= 0.3 is 11.5 Å². The largest absolute Gasteiger partial charge is 0.361 e. The lowest BCUT2D eigenvalue weighted by Crippen LogP contribution is -2.68. The van der Waals surface area contributed by atoms with E-state index in [0.717, 1.165) is 28.2 Å². The predicted molar refractivity (Wildman–Crippen MR) is 109 cm³/mol. The predicted octanol–water partition coefficient (Wildman–Crippen LogP) is 2.31. The Balaban J connectivity index is 0.000000491. The third-order valence-electron chi connectivity index (χ3n) is 4.20. The van der Waals surface area contributed by atoms with Gasteiger partial charge in [-0.1, -0.05) is 78.9 Å². The van der Waals surface area contributed by atoms with Crippen LogP contribution in [-0.2, 0) is 0 Å². The third-order valence-corrected chi connectivity index (χ3v) is 4.20. The van der Waals surface area contributed by atoms with Crippen molar-refractivity contribution in [1.82, 2.24) is 0 Å². The molecule has 0 spiro atoms. The molecule has 0 aliphatic rings. The second-order valence-electron chi connectivity index (χ2n) is 6.47. The number of halogens is 1. The van der Waals surface area contributed by atoms with Gasteiger partial charge < -0.3 is 0 Å². The fourth-order valence-corrected chi connectivity index (χ4v) is 2.86. The molecule has 1 heterocycles. The highest BCUT2D eigenvalue weighted by Gasteiger charge is 2.18. The minimum atomic E-state index is -4.94. The van der Waals surface area contributed by atoms with Crippen molar-refractivity contribution in [2.24, 2.45) is 0 Å². The van der Waals surface area contributed by atoms with Crippen LogP contribution in [0.3, 0.4) is 0 Å². The van der Waals surface area contributed by atoms with Crippen molar-refractivity contribution in [2.75, 3.05) is 0 Å². The summed E-state index contributed by atoms with van der Waals surface area (Å²) in [6.07, 6.45) is 4.25. The van der Waals surface area contributed by atoms with Crippen LogP contribution < -0.4 is 18.6 Å². The van der Waals surface area contributed by atoms with Gasteiger partial charge in [0, 0.05) is 0 Å². The summed E-state index contributed by atoms with van der Waals surface area (Å²) in [7, 11) is -4.94. The van der Waals surface area contributed by atoms with E-state index >= 15 is 0 Å². The summed E-state index contributed by atoms with van der Waals surface area (Å²) in [5, 5.41) is 0. The van der Waals surface area contributed by atoms with E-state index in [4.69, 9.17) is 23.1 Å². The minimum Gasteiger partial charge on any atom is -0.222 e. The molecule has 1 aromatic heterocycles. The van der Waals surface area contributed by atoms with E-state index in [2.05, 4.69) is 60.7 Å². The van der Waals surface area contributed by atoms with Crippen LogP contribution >= 0.6 is 0 Å². The lowest BCUT2D eigenvalue weighted by Gasteiger charge is -2.17. The van der Waals surface area contributed by atoms with Gasteiger partial charge in [0.05, 0.1) is 23.3 Å². The first-order valence-electron chi connectivity index (χ1n) is 9.32. The zero-order valence-electron chi connectivity index (χ0n) is 16.4. The maximum atomic E-state index is 8.49. The van der Waals surface area contributed by atoms with E-state index in [1.165, 1.54) is 5.56 Å². The quantitative estimate of drug-likeness (QED) is 0.458. The highest BCUT2D eigenvalue weighted by molar-refractivity contribution is 5.74. The molecule has 0 fully saturated rings. The summed E-state index contributed by atoms with van der Waals surface area (Å²) in [5.74, 6) is 1.72. The maximum Gasteiger partial charge on any atom is 0.361 e. The van der Waals surface area contributed by atoms with E-state index in [9.17, 15) is 0 Å². The number of hydrogen-bond donors (Lipinski definition) is 0. The Morgan fingerprint density at radius 1 is 0.516 bits per heavy atom. The van der Waals surface area contributed by atoms with Crippen molar-refractivity contribution >= 4 is 12.2 Å². The molecule has 0 aliphatic heterocycles. The summed E-state index contributed by atoms with van der Waals surface area (Å²) in [5.41, 5.74) is 4.42. The molecule has 4 aromatic rings. The number of hydrogen-bond acceptors (Lipinski definition) is 4. The summed E-state index contributed by atoms with van der Waals surface area (Å²) in [6, 6.07) is 34.9. The van der Waals surface area contributed by atoms with Gasteiger partial charge in [-0.05, 0) is 35.4 Å². The molecular weight excluding hydrogens is 416 g/mol. The van der Waals surface area contributed by atoms with E-state index in [-0.39, 0.29) is 0 Å². The summed E-state index contributed by atoms with van der Waals surface area (Å²) in [6.45, 7) is 0. The average Bonchev–Trinajstić information content (AvgIpc) is 2.78. The van der Waals surface area contributed by atoms with Gasteiger partial charge in [-0.15, -0.1) is 10.2 Å². The van der Waals surface area contributed by atoms with Gasteiger partial charge in [0.2, 0.25) is 0 Å². The Bertz CT molecular complexity index is 1050. The van der Waals surface area contributed by atoms with Crippen molar-refractivity contribution in [3.05, 3.63) is 114 Å². The molecule has 0 aliphatic carbocycles. The molecule has 0 atom stereocenters. The molecule has 0 amide bonds.